The van der Waals surface area contributed by atoms with Gasteiger partial charge in [0.2, 0.25) is 5.91 Å². The minimum atomic E-state index is 0.173. The Balaban J connectivity index is 2.19. The van der Waals surface area contributed by atoms with E-state index in [0.717, 1.165) is 32.6 Å². The predicted molar refractivity (Wildman–Crippen MR) is 57.2 cm³/mol. The summed E-state index contributed by atoms with van der Waals surface area (Å²) < 4.78 is 0. The van der Waals surface area contributed by atoms with Gasteiger partial charge < -0.3 is 15.5 Å². The number of rotatable bonds is 4. The first-order valence-corrected chi connectivity index (χ1v) is 5.41. The van der Waals surface area contributed by atoms with Crippen molar-refractivity contribution in [2.45, 2.75) is 25.8 Å². The Morgan fingerprint density at radius 2 is 2.43 bits per heavy atom. The van der Waals surface area contributed by atoms with Crippen molar-refractivity contribution in [2.24, 2.45) is 0 Å². The average molecular weight is 199 g/mol. The van der Waals surface area contributed by atoms with Crippen LogP contribution in [0.4, 0.5) is 0 Å². The minimum absolute atomic E-state index is 0.173. The molecule has 0 bridgehead atoms. The van der Waals surface area contributed by atoms with E-state index in [1.807, 2.05) is 6.92 Å². The van der Waals surface area contributed by atoms with Crippen LogP contribution in [0.15, 0.2) is 0 Å². The number of carbonyl (C=O) groups is 1. The molecule has 82 valence electrons. The lowest BCUT2D eigenvalue weighted by atomic mass is 10.1. The molecular weight excluding hydrogens is 178 g/mol. The second kappa shape index (κ2) is 5.98. The quantitative estimate of drug-likeness (QED) is 0.659. The summed E-state index contributed by atoms with van der Waals surface area (Å²) in [5, 5.41) is 6.17. The molecule has 0 aliphatic carbocycles. The summed E-state index contributed by atoms with van der Waals surface area (Å²) in [5.74, 6) is 0.173. The molecule has 1 amide bonds. The summed E-state index contributed by atoms with van der Waals surface area (Å²) in [6, 6.07) is 0.520. The molecule has 1 heterocycles. The molecule has 4 heteroatoms. The van der Waals surface area contributed by atoms with Crippen LogP contribution < -0.4 is 10.6 Å². The van der Waals surface area contributed by atoms with Gasteiger partial charge in [0, 0.05) is 38.6 Å². The minimum Gasteiger partial charge on any atom is -0.356 e. The highest BCUT2D eigenvalue weighted by Gasteiger charge is 2.18. The second-order valence-electron chi connectivity index (χ2n) is 3.83. The summed E-state index contributed by atoms with van der Waals surface area (Å²) in [6.07, 6.45) is 1.60. The third-order valence-corrected chi connectivity index (χ3v) is 2.72. The molecule has 1 unspecified atom stereocenters. The van der Waals surface area contributed by atoms with Gasteiger partial charge in [-0.1, -0.05) is 0 Å². The molecule has 1 rings (SSSR count). The fourth-order valence-corrected chi connectivity index (χ4v) is 1.77. The maximum absolute atomic E-state index is 11.2. The molecule has 0 saturated carbocycles. The molecule has 1 aliphatic heterocycles. The lowest BCUT2D eigenvalue weighted by molar-refractivity contribution is -0.121. The van der Waals surface area contributed by atoms with Crippen LogP contribution in [-0.4, -0.2) is 50.1 Å². The number of nitrogens with zero attached hydrogens (tertiary/aromatic N) is 1. The van der Waals surface area contributed by atoms with Crippen LogP contribution in [0.25, 0.3) is 0 Å². The first-order chi connectivity index (χ1) is 6.74. The van der Waals surface area contributed by atoms with Gasteiger partial charge in [0.25, 0.3) is 0 Å². The molecule has 0 radical (unpaired) electrons. The Hall–Kier alpha value is -0.610. The zero-order chi connectivity index (χ0) is 10.4. The molecule has 0 spiro atoms. The molecule has 4 nitrogen and oxygen atoms in total. The number of likely N-dealkylation sites (N-methyl/N-ethyl adjacent to an activating group) is 1. The SMILES string of the molecule is CCNC(=O)CCC1CNCCN1C. The van der Waals surface area contributed by atoms with E-state index >= 15 is 0 Å². The highest BCUT2D eigenvalue weighted by Crippen LogP contribution is 2.06. The monoisotopic (exact) mass is 199 g/mol. The van der Waals surface area contributed by atoms with E-state index in [0.29, 0.717) is 12.5 Å². The highest BCUT2D eigenvalue weighted by atomic mass is 16.1. The van der Waals surface area contributed by atoms with E-state index in [1.165, 1.54) is 0 Å². The normalized spacial score (nSPS) is 23.4. The zero-order valence-corrected chi connectivity index (χ0v) is 9.18. The van der Waals surface area contributed by atoms with Gasteiger partial charge in [-0.05, 0) is 20.4 Å². The fourth-order valence-electron chi connectivity index (χ4n) is 1.77. The lowest BCUT2D eigenvalue weighted by Gasteiger charge is -2.32. The number of piperazine rings is 1. The molecule has 1 aliphatic rings. The van der Waals surface area contributed by atoms with Crippen LogP contribution >= 0.6 is 0 Å². The Labute approximate surface area is 86.0 Å². The largest absolute Gasteiger partial charge is 0.356 e. The Kier molecular flexibility index (Phi) is 4.90. The molecule has 1 saturated heterocycles. The average Bonchev–Trinajstić information content (AvgIpc) is 2.17. The number of amides is 1. The van der Waals surface area contributed by atoms with Crippen LogP contribution in [0, 0.1) is 0 Å². The predicted octanol–water partition coefficient (Wildman–Crippen LogP) is -0.194. The van der Waals surface area contributed by atoms with E-state index in [4.69, 9.17) is 0 Å². The molecule has 0 aromatic heterocycles. The van der Waals surface area contributed by atoms with Crippen LogP contribution in [0.5, 0.6) is 0 Å². The summed E-state index contributed by atoms with van der Waals surface area (Å²) in [6.45, 7) is 5.84. The van der Waals surface area contributed by atoms with Gasteiger partial charge in [-0.3, -0.25) is 4.79 Å². The van der Waals surface area contributed by atoms with Crippen molar-refractivity contribution in [3.05, 3.63) is 0 Å². The van der Waals surface area contributed by atoms with Crippen LogP contribution in [0.2, 0.25) is 0 Å². The number of hydrogen-bond donors (Lipinski definition) is 2. The Bertz CT molecular complexity index is 184. The summed E-state index contributed by atoms with van der Waals surface area (Å²) in [5.41, 5.74) is 0. The van der Waals surface area contributed by atoms with E-state index in [9.17, 15) is 4.79 Å². The molecule has 14 heavy (non-hydrogen) atoms. The van der Waals surface area contributed by atoms with Gasteiger partial charge in [-0.15, -0.1) is 0 Å². The van der Waals surface area contributed by atoms with Gasteiger partial charge in [0.15, 0.2) is 0 Å². The smallest absolute Gasteiger partial charge is 0.220 e. The first-order valence-electron chi connectivity index (χ1n) is 5.41. The van der Waals surface area contributed by atoms with Crippen LogP contribution in [-0.2, 0) is 4.79 Å². The number of nitrogens with one attached hydrogen (secondary N) is 2. The van der Waals surface area contributed by atoms with Gasteiger partial charge in [-0.25, -0.2) is 0 Å². The van der Waals surface area contributed by atoms with Crippen molar-refractivity contribution in [1.29, 1.82) is 0 Å². The molecule has 2 N–H and O–H groups in total. The van der Waals surface area contributed by atoms with Crippen LogP contribution in [0.1, 0.15) is 19.8 Å². The van der Waals surface area contributed by atoms with Crippen molar-refractivity contribution in [1.82, 2.24) is 15.5 Å². The maximum Gasteiger partial charge on any atom is 0.220 e. The second-order valence-corrected chi connectivity index (χ2v) is 3.83. The lowest BCUT2D eigenvalue weighted by Crippen LogP contribution is -2.49. The van der Waals surface area contributed by atoms with Crippen molar-refractivity contribution in [3.63, 3.8) is 0 Å². The third kappa shape index (κ3) is 3.64. The molecule has 1 atom stereocenters. The van der Waals surface area contributed by atoms with Crippen LogP contribution in [0.3, 0.4) is 0 Å². The Morgan fingerprint density at radius 3 is 3.07 bits per heavy atom. The topological polar surface area (TPSA) is 44.4 Å². The molecular formula is C10H21N3O. The molecule has 0 aromatic rings. The van der Waals surface area contributed by atoms with Gasteiger partial charge in [-0.2, -0.15) is 0 Å². The number of hydrogen-bond acceptors (Lipinski definition) is 3. The zero-order valence-electron chi connectivity index (χ0n) is 9.18. The van der Waals surface area contributed by atoms with E-state index < -0.39 is 0 Å². The van der Waals surface area contributed by atoms with Gasteiger partial charge in [0.1, 0.15) is 0 Å². The summed E-state index contributed by atoms with van der Waals surface area (Å²) >= 11 is 0. The maximum atomic E-state index is 11.2. The standard InChI is InChI=1S/C10H21N3O/c1-3-12-10(14)5-4-9-8-11-6-7-13(9)2/h9,11H,3-8H2,1-2H3,(H,12,14). The highest BCUT2D eigenvalue weighted by molar-refractivity contribution is 5.75. The third-order valence-electron chi connectivity index (χ3n) is 2.72. The van der Waals surface area contributed by atoms with Crippen molar-refractivity contribution >= 4 is 5.91 Å². The number of carbonyl (C=O) groups excluding carboxylic acids is 1. The molecule has 0 aromatic carbocycles. The van der Waals surface area contributed by atoms with Crippen molar-refractivity contribution < 1.29 is 4.79 Å². The van der Waals surface area contributed by atoms with Crippen molar-refractivity contribution in [3.8, 4) is 0 Å². The van der Waals surface area contributed by atoms with E-state index in [-0.39, 0.29) is 5.91 Å². The van der Waals surface area contributed by atoms with Gasteiger partial charge in [0.05, 0.1) is 0 Å². The summed E-state index contributed by atoms with van der Waals surface area (Å²) in [7, 11) is 2.13. The molecule has 1 fully saturated rings. The fraction of sp³-hybridized carbons (Fsp3) is 0.900. The van der Waals surface area contributed by atoms with E-state index in [2.05, 4.69) is 22.6 Å². The Morgan fingerprint density at radius 1 is 1.64 bits per heavy atom. The summed E-state index contributed by atoms with van der Waals surface area (Å²) in [4.78, 5) is 13.6. The first kappa shape index (κ1) is 11.5. The van der Waals surface area contributed by atoms with Crippen molar-refractivity contribution in [2.75, 3.05) is 33.2 Å². The van der Waals surface area contributed by atoms with E-state index in [1.54, 1.807) is 0 Å². The van der Waals surface area contributed by atoms with Gasteiger partial charge >= 0.3 is 0 Å².